The number of nitrogens with one attached hydrogen (secondary N) is 1. The van der Waals surface area contributed by atoms with Crippen LogP contribution in [0, 0.1) is 0 Å². The zero-order chi connectivity index (χ0) is 12.8. The summed E-state index contributed by atoms with van der Waals surface area (Å²) < 4.78 is 0. The van der Waals surface area contributed by atoms with Gasteiger partial charge >= 0.3 is 0 Å². The number of nitrogens with zero attached hydrogens (tertiary/aromatic N) is 1. The molecule has 2 aliphatic rings. The monoisotopic (exact) mass is 284 g/mol. The van der Waals surface area contributed by atoms with Crippen molar-refractivity contribution in [3.05, 3.63) is 23.1 Å². The van der Waals surface area contributed by atoms with Gasteiger partial charge in [-0.3, -0.25) is 9.79 Å². The number of ketones is 1. The third kappa shape index (κ3) is 3.97. The van der Waals surface area contributed by atoms with Crippen LogP contribution in [-0.2, 0) is 4.79 Å². The summed E-state index contributed by atoms with van der Waals surface area (Å²) in [5, 5.41) is 3.64. The predicted octanol–water partition coefficient (Wildman–Crippen LogP) is 2.52. The molecule has 1 N–H and O–H groups in total. The molecule has 1 heterocycles. The second-order valence-electron chi connectivity index (χ2n) is 4.27. The van der Waals surface area contributed by atoms with E-state index in [1.807, 2.05) is 6.08 Å². The van der Waals surface area contributed by atoms with Gasteiger partial charge in [0.2, 0.25) is 0 Å². The number of fused-ring (bicyclic) bond motifs is 1. The lowest BCUT2D eigenvalue weighted by molar-refractivity contribution is -0.110. The van der Waals surface area contributed by atoms with Crippen LogP contribution in [0.3, 0.4) is 0 Å². The van der Waals surface area contributed by atoms with Gasteiger partial charge in [-0.25, -0.2) is 0 Å². The lowest BCUT2D eigenvalue weighted by Gasteiger charge is -2.07. The molecule has 0 radical (unpaired) electrons. The molecule has 1 aliphatic carbocycles. The first kappa shape index (κ1) is 13.8. The molecule has 0 spiro atoms. The summed E-state index contributed by atoms with van der Waals surface area (Å²) >= 11 is 7.30. The van der Waals surface area contributed by atoms with Gasteiger partial charge in [0.1, 0.15) is 5.37 Å². The number of alkyl halides is 1. The normalized spacial score (nSPS) is 21.8. The molecule has 98 valence electrons. The first-order chi connectivity index (χ1) is 8.79. The quantitative estimate of drug-likeness (QED) is 0.444. The molecule has 0 fully saturated rings. The van der Waals surface area contributed by atoms with Crippen molar-refractivity contribution in [2.24, 2.45) is 4.99 Å². The third-order valence-electron chi connectivity index (χ3n) is 2.78. The summed E-state index contributed by atoms with van der Waals surface area (Å²) in [6.07, 6.45) is 8.26. The molecular formula is C13H17ClN2OS. The van der Waals surface area contributed by atoms with E-state index in [2.05, 4.69) is 10.3 Å². The Balaban J connectivity index is 1.67. The van der Waals surface area contributed by atoms with Crippen LogP contribution in [0.5, 0.6) is 0 Å². The lowest BCUT2D eigenvalue weighted by Crippen LogP contribution is -2.19. The van der Waals surface area contributed by atoms with E-state index in [0.717, 1.165) is 48.8 Å². The highest BCUT2D eigenvalue weighted by Crippen LogP contribution is 2.34. The Kier molecular flexibility index (Phi) is 5.47. The maximum atomic E-state index is 11.2. The van der Waals surface area contributed by atoms with E-state index in [-0.39, 0.29) is 11.2 Å². The van der Waals surface area contributed by atoms with Crippen LogP contribution in [0.1, 0.15) is 19.3 Å². The number of aliphatic imine (C=N–C) groups is 1. The number of allylic oxidation sites excluding steroid dienone is 4. The molecule has 3 nitrogen and oxygen atoms in total. The summed E-state index contributed by atoms with van der Waals surface area (Å²) in [6.45, 7) is 1.98. The van der Waals surface area contributed by atoms with Gasteiger partial charge in [0, 0.05) is 16.9 Å². The molecule has 1 unspecified atom stereocenters. The van der Waals surface area contributed by atoms with Gasteiger partial charge in [-0.05, 0) is 44.5 Å². The first-order valence-electron chi connectivity index (χ1n) is 6.25. The Labute approximate surface area is 117 Å². The number of halogens is 1. The van der Waals surface area contributed by atoms with Gasteiger partial charge < -0.3 is 5.32 Å². The van der Waals surface area contributed by atoms with E-state index in [0.29, 0.717) is 0 Å². The maximum absolute atomic E-state index is 11.2. The van der Waals surface area contributed by atoms with Gasteiger partial charge in [0.25, 0.3) is 0 Å². The zero-order valence-corrected chi connectivity index (χ0v) is 11.8. The predicted molar refractivity (Wildman–Crippen MR) is 78.5 cm³/mol. The molecule has 2 rings (SSSR count). The molecule has 5 heteroatoms. The highest BCUT2D eigenvalue weighted by atomic mass is 35.5. The second-order valence-corrected chi connectivity index (χ2v) is 5.86. The molecule has 0 aromatic heterocycles. The molecule has 0 aromatic rings. The molecule has 1 aliphatic heterocycles. The van der Waals surface area contributed by atoms with Gasteiger partial charge in [-0.2, -0.15) is 0 Å². The van der Waals surface area contributed by atoms with Crippen LogP contribution in [0.4, 0.5) is 0 Å². The summed E-state index contributed by atoms with van der Waals surface area (Å²) in [4.78, 5) is 16.8. The number of thioether (sulfide) groups is 1. The van der Waals surface area contributed by atoms with Crippen molar-refractivity contribution in [1.29, 1.82) is 0 Å². The Bertz CT molecular complexity index is 404. The van der Waals surface area contributed by atoms with Crippen molar-refractivity contribution in [1.82, 2.24) is 5.32 Å². The SMILES string of the molecule is O=C1C=CC2=NC(CCNCCCCCl)SC2=C1. The summed E-state index contributed by atoms with van der Waals surface area (Å²) in [6, 6.07) is 0. The number of carbonyl (C=O) groups excluding carboxylic acids is 1. The molecule has 0 saturated heterocycles. The molecule has 0 amide bonds. The summed E-state index contributed by atoms with van der Waals surface area (Å²) in [7, 11) is 0. The number of hydrogen-bond acceptors (Lipinski definition) is 4. The molecule has 1 atom stereocenters. The summed E-state index contributed by atoms with van der Waals surface area (Å²) in [5.41, 5.74) is 0.965. The van der Waals surface area contributed by atoms with Crippen LogP contribution >= 0.6 is 23.4 Å². The molecular weight excluding hydrogens is 268 g/mol. The first-order valence-corrected chi connectivity index (χ1v) is 7.66. The third-order valence-corrected chi connectivity index (χ3v) is 4.24. The van der Waals surface area contributed by atoms with Crippen molar-refractivity contribution in [3.8, 4) is 0 Å². The largest absolute Gasteiger partial charge is 0.317 e. The molecule has 18 heavy (non-hydrogen) atoms. The number of rotatable bonds is 7. The van der Waals surface area contributed by atoms with Crippen LogP contribution in [-0.4, -0.2) is 35.8 Å². The van der Waals surface area contributed by atoms with E-state index in [1.54, 1.807) is 23.9 Å². The van der Waals surface area contributed by atoms with Crippen molar-refractivity contribution < 1.29 is 4.79 Å². The fourth-order valence-electron chi connectivity index (χ4n) is 1.84. The van der Waals surface area contributed by atoms with Crippen molar-refractivity contribution in [2.45, 2.75) is 24.6 Å². The van der Waals surface area contributed by atoms with Gasteiger partial charge in [0.15, 0.2) is 5.78 Å². The molecule has 0 saturated carbocycles. The van der Waals surface area contributed by atoms with Gasteiger partial charge in [-0.1, -0.05) is 11.8 Å². The topological polar surface area (TPSA) is 41.5 Å². The minimum absolute atomic E-state index is 0.0660. The highest BCUT2D eigenvalue weighted by Gasteiger charge is 2.23. The maximum Gasteiger partial charge on any atom is 0.179 e. The smallest absolute Gasteiger partial charge is 0.179 e. The highest BCUT2D eigenvalue weighted by molar-refractivity contribution is 8.05. The Morgan fingerprint density at radius 3 is 3.06 bits per heavy atom. The summed E-state index contributed by atoms with van der Waals surface area (Å²) in [5.74, 6) is 0.804. The average molecular weight is 285 g/mol. The number of unbranched alkanes of at least 4 members (excludes halogenated alkanes) is 1. The molecule has 0 aromatic carbocycles. The lowest BCUT2D eigenvalue weighted by atomic mass is 10.1. The van der Waals surface area contributed by atoms with E-state index in [1.165, 1.54) is 0 Å². The Morgan fingerprint density at radius 1 is 1.33 bits per heavy atom. The van der Waals surface area contributed by atoms with Gasteiger partial charge in [-0.15, -0.1) is 11.6 Å². The van der Waals surface area contributed by atoms with Crippen LogP contribution < -0.4 is 5.32 Å². The van der Waals surface area contributed by atoms with Gasteiger partial charge in [0.05, 0.1) is 5.71 Å². The van der Waals surface area contributed by atoms with E-state index < -0.39 is 0 Å². The van der Waals surface area contributed by atoms with E-state index in [9.17, 15) is 4.79 Å². The van der Waals surface area contributed by atoms with E-state index >= 15 is 0 Å². The van der Waals surface area contributed by atoms with Crippen LogP contribution in [0.25, 0.3) is 0 Å². The minimum atomic E-state index is 0.0660. The number of carbonyl (C=O) groups is 1. The van der Waals surface area contributed by atoms with Crippen molar-refractivity contribution in [3.63, 3.8) is 0 Å². The minimum Gasteiger partial charge on any atom is -0.317 e. The fraction of sp³-hybridized carbons (Fsp3) is 0.538. The van der Waals surface area contributed by atoms with E-state index in [4.69, 9.17) is 11.6 Å². The average Bonchev–Trinajstić information content (AvgIpc) is 2.75. The second kappa shape index (κ2) is 7.12. The van der Waals surface area contributed by atoms with Crippen LogP contribution in [0.15, 0.2) is 28.1 Å². The fourth-order valence-corrected chi connectivity index (χ4v) is 3.15. The Morgan fingerprint density at radius 2 is 2.22 bits per heavy atom. The Hall–Kier alpha value is -0.580. The van der Waals surface area contributed by atoms with Crippen molar-refractivity contribution >= 4 is 34.9 Å². The standard InChI is InChI=1S/C13H17ClN2OS/c14-6-1-2-7-15-8-5-13-16-11-4-3-10(17)9-12(11)18-13/h3-4,9,13,15H,1-2,5-8H2. The molecule has 0 bridgehead atoms. The van der Waals surface area contributed by atoms with Crippen molar-refractivity contribution in [2.75, 3.05) is 19.0 Å². The number of hydrogen-bond donors (Lipinski definition) is 1. The zero-order valence-electron chi connectivity index (χ0n) is 10.2. The van der Waals surface area contributed by atoms with Crippen LogP contribution in [0.2, 0.25) is 0 Å².